The van der Waals surface area contributed by atoms with Gasteiger partial charge in [-0.3, -0.25) is 19.4 Å². The maximum atomic E-state index is 12.6. The van der Waals surface area contributed by atoms with Gasteiger partial charge in [-0.2, -0.15) is 0 Å². The van der Waals surface area contributed by atoms with Crippen molar-refractivity contribution >= 4 is 29.5 Å². The second-order valence-electron chi connectivity index (χ2n) is 7.05. The van der Waals surface area contributed by atoms with Gasteiger partial charge in [0.25, 0.3) is 11.8 Å². The molecule has 2 aromatic carbocycles. The zero-order valence-electron chi connectivity index (χ0n) is 16.7. The number of aryl methyl sites for hydroxylation is 2. The molecule has 0 fully saturated rings. The van der Waals surface area contributed by atoms with Crippen LogP contribution in [0.3, 0.4) is 0 Å². The molecule has 0 radical (unpaired) electrons. The molecule has 6 heteroatoms. The number of amides is 2. The molecule has 0 spiro atoms. The smallest absolute Gasteiger partial charge is 0.270 e. The van der Waals surface area contributed by atoms with Gasteiger partial charge in [0.05, 0.1) is 5.57 Å². The molecule has 0 bridgehead atoms. The van der Waals surface area contributed by atoms with E-state index in [9.17, 15) is 14.4 Å². The highest BCUT2D eigenvalue weighted by molar-refractivity contribution is 6.13. The molecule has 148 valence electrons. The van der Waals surface area contributed by atoms with Crippen LogP contribution in [0.15, 0.2) is 58.7 Å². The van der Waals surface area contributed by atoms with Crippen LogP contribution in [0.2, 0.25) is 0 Å². The Morgan fingerprint density at radius 2 is 1.62 bits per heavy atom. The number of benzene rings is 2. The maximum absolute atomic E-state index is 12.6. The van der Waals surface area contributed by atoms with Crippen molar-refractivity contribution in [2.45, 2.75) is 26.7 Å². The number of Topliss-reactive ketones (excluding diaryl/α,β-unsaturated/α-hetero) is 1. The fourth-order valence-corrected chi connectivity index (χ4v) is 3.25. The average molecular weight is 389 g/mol. The van der Waals surface area contributed by atoms with Crippen LogP contribution < -0.4 is 10.6 Å². The van der Waals surface area contributed by atoms with Crippen LogP contribution >= 0.6 is 0 Å². The van der Waals surface area contributed by atoms with Gasteiger partial charge in [0.1, 0.15) is 5.70 Å². The lowest BCUT2D eigenvalue weighted by Gasteiger charge is -2.09. The number of hydrogen-bond donors (Lipinski definition) is 2. The van der Waals surface area contributed by atoms with E-state index in [2.05, 4.69) is 15.6 Å². The van der Waals surface area contributed by atoms with E-state index in [0.717, 1.165) is 16.7 Å². The van der Waals surface area contributed by atoms with Crippen molar-refractivity contribution in [3.8, 4) is 0 Å². The predicted octanol–water partition coefficient (Wildman–Crippen LogP) is 3.14. The molecule has 0 saturated carbocycles. The highest BCUT2D eigenvalue weighted by atomic mass is 16.2. The standard InChI is InChI=1S/C23H23N3O3/c1-14-10-15(2)12-17(11-14)20(27)13-16-4-6-18(7-5-16)26-22(28)19-8-9-25-21(19)23(29)24-3/h4-7,9-12H,8,13H2,1-3H3,(H,24,29)(H,26,28). The van der Waals surface area contributed by atoms with E-state index in [4.69, 9.17) is 0 Å². The summed E-state index contributed by atoms with van der Waals surface area (Å²) in [5.74, 6) is -0.693. The molecule has 1 aliphatic heterocycles. The summed E-state index contributed by atoms with van der Waals surface area (Å²) >= 11 is 0. The van der Waals surface area contributed by atoms with Crippen LogP contribution in [-0.4, -0.2) is 30.9 Å². The molecule has 1 aliphatic rings. The van der Waals surface area contributed by atoms with E-state index in [1.165, 1.54) is 7.05 Å². The molecular formula is C23H23N3O3. The van der Waals surface area contributed by atoms with E-state index < -0.39 is 0 Å². The van der Waals surface area contributed by atoms with Crippen molar-refractivity contribution in [2.75, 3.05) is 12.4 Å². The number of hydrogen-bond acceptors (Lipinski definition) is 4. The lowest BCUT2D eigenvalue weighted by Crippen LogP contribution is -2.23. The maximum Gasteiger partial charge on any atom is 0.270 e. The van der Waals surface area contributed by atoms with Crippen molar-refractivity contribution < 1.29 is 14.4 Å². The Balaban J connectivity index is 1.67. The van der Waals surface area contributed by atoms with Crippen molar-refractivity contribution in [3.05, 3.63) is 76.0 Å². The van der Waals surface area contributed by atoms with Gasteiger partial charge in [-0.25, -0.2) is 0 Å². The lowest BCUT2D eigenvalue weighted by atomic mass is 9.99. The minimum absolute atomic E-state index is 0.0528. The Morgan fingerprint density at radius 1 is 0.966 bits per heavy atom. The number of rotatable bonds is 6. The second-order valence-corrected chi connectivity index (χ2v) is 7.05. The minimum atomic E-state index is -0.385. The van der Waals surface area contributed by atoms with Crippen molar-refractivity contribution in [2.24, 2.45) is 4.99 Å². The lowest BCUT2D eigenvalue weighted by molar-refractivity contribution is -0.118. The van der Waals surface area contributed by atoms with Gasteiger partial charge < -0.3 is 10.6 Å². The Bertz CT molecular complexity index is 1010. The minimum Gasteiger partial charge on any atom is -0.354 e. The molecule has 0 saturated heterocycles. The molecule has 0 atom stereocenters. The van der Waals surface area contributed by atoms with Gasteiger partial charge in [-0.15, -0.1) is 0 Å². The molecular weight excluding hydrogens is 366 g/mol. The first-order valence-corrected chi connectivity index (χ1v) is 9.37. The van der Waals surface area contributed by atoms with Crippen molar-refractivity contribution in [1.82, 2.24) is 5.32 Å². The zero-order valence-corrected chi connectivity index (χ0v) is 16.7. The molecule has 2 aromatic rings. The molecule has 0 unspecified atom stereocenters. The molecule has 3 rings (SSSR count). The Morgan fingerprint density at radius 3 is 2.24 bits per heavy atom. The summed E-state index contributed by atoms with van der Waals surface area (Å²) in [6, 6.07) is 13.0. The third-order valence-electron chi connectivity index (χ3n) is 4.64. The number of nitrogens with zero attached hydrogens (tertiary/aromatic N) is 1. The van der Waals surface area contributed by atoms with Crippen LogP contribution in [0, 0.1) is 13.8 Å². The van der Waals surface area contributed by atoms with Gasteiger partial charge in [-0.1, -0.05) is 29.3 Å². The van der Waals surface area contributed by atoms with Crippen LogP contribution in [-0.2, 0) is 16.0 Å². The van der Waals surface area contributed by atoms with Crippen molar-refractivity contribution in [3.63, 3.8) is 0 Å². The molecule has 1 heterocycles. The predicted molar refractivity (Wildman–Crippen MR) is 113 cm³/mol. The van der Waals surface area contributed by atoms with E-state index in [0.29, 0.717) is 23.2 Å². The Hall–Kier alpha value is -3.54. The SMILES string of the molecule is CNC(=O)C1=C(C(=O)Nc2ccc(CC(=O)c3cc(C)cc(C)c3)cc2)CC=N1. The molecule has 6 nitrogen and oxygen atoms in total. The molecule has 0 aromatic heterocycles. The quantitative estimate of drug-likeness (QED) is 0.744. The van der Waals surface area contributed by atoms with Crippen LogP contribution in [0.5, 0.6) is 0 Å². The largest absolute Gasteiger partial charge is 0.354 e. The topological polar surface area (TPSA) is 87.6 Å². The van der Waals surface area contributed by atoms with E-state index >= 15 is 0 Å². The van der Waals surface area contributed by atoms with E-state index in [1.807, 2.05) is 44.2 Å². The molecule has 2 amide bonds. The number of anilines is 1. The fraction of sp³-hybridized carbons (Fsp3) is 0.217. The average Bonchev–Trinajstić information content (AvgIpc) is 3.18. The highest BCUT2D eigenvalue weighted by Gasteiger charge is 2.23. The normalized spacial score (nSPS) is 12.8. The van der Waals surface area contributed by atoms with Gasteiger partial charge in [0.2, 0.25) is 0 Å². The van der Waals surface area contributed by atoms with Crippen molar-refractivity contribution in [1.29, 1.82) is 0 Å². The number of carbonyl (C=O) groups excluding carboxylic acids is 3. The first-order valence-electron chi connectivity index (χ1n) is 9.37. The third-order valence-corrected chi connectivity index (χ3v) is 4.64. The summed E-state index contributed by atoms with van der Waals surface area (Å²) in [6.45, 7) is 3.95. The summed E-state index contributed by atoms with van der Waals surface area (Å²) in [4.78, 5) is 40.8. The summed E-state index contributed by atoms with van der Waals surface area (Å²) in [6.07, 6.45) is 2.15. The summed E-state index contributed by atoms with van der Waals surface area (Å²) in [5, 5.41) is 5.26. The Labute approximate surface area is 169 Å². The Kier molecular flexibility index (Phi) is 6.02. The first kappa shape index (κ1) is 20.2. The van der Waals surface area contributed by atoms with E-state index in [1.54, 1.807) is 18.3 Å². The van der Waals surface area contributed by atoms with Crippen LogP contribution in [0.25, 0.3) is 0 Å². The fourth-order valence-electron chi connectivity index (χ4n) is 3.25. The number of nitrogens with one attached hydrogen (secondary N) is 2. The van der Waals surface area contributed by atoms with Gasteiger partial charge in [-0.05, 0) is 43.7 Å². The summed E-state index contributed by atoms with van der Waals surface area (Å²) in [7, 11) is 1.50. The molecule has 0 aliphatic carbocycles. The number of likely N-dealkylation sites (N-methyl/N-ethyl adjacent to an activating group) is 1. The number of aliphatic imine (C=N–C) groups is 1. The summed E-state index contributed by atoms with van der Waals surface area (Å²) < 4.78 is 0. The molecule has 2 N–H and O–H groups in total. The second kappa shape index (κ2) is 8.65. The van der Waals surface area contributed by atoms with Gasteiger partial charge in [0, 0.05) is 37.4 Å². The number of carbonyl (C=O) groups is 3. The number of ketones is 1. The third kappa shape index (κ3) is 4.85. The molecule has 29 heavy (non-hydrogen) atoms. The zero-order chi connectivity index (χ0) is 21.0. The monoisotopic (exact) mass is 389 g/mol. The first-order chi connectivity index (χ1) is 13.9. The summed E-state index contributed by atoms with van der Waals surface area (Å²) in [5.41, 5.74) is 4.75. The van der Waals surface area contributed by atoms with E-state index in [-0.39, 0.29) is 29.7 Å². The van der Waals surface area contributed by atoms with Gasteiger partial charge >= 0.3 is 0 Å². The van der Waals surface area contributed by atoms with Gasteiger partial charge in [0.15, 0.2) is 5.78 Å². The highest BCUT2D eigenvalue weighted by Crippen LogP contribution is 2.20. The van der Waals surface area contributed by atoms with Crippen LogP contribution in [0.1, 0.15) is 33.5 Å². The van der Waals surface area contributed by atoms with Crippen LogP contribution in [0.4, 0.5) is 5.69 Å².